The molecule has 0 fully saturated rings. The highest BCUT2D eigenvalue weighted by atomic mass is 16.3. The summed E-state index contributed by atoms with van der Waals surface area (Å²) in [5.74, 6) is 0. The largest absolute Gasteiger partial charge is 0.456 e. The summed E-state index contributed by atoms with van der Waals surface area (Å²) >= 11 is 0. The third-order valence-corrected chi connectivity index (χ3v) is 13.8. The van der Waals surface area contributed by atoms with Crippen LogP contribution in [0.15, 0.2) is 177 Å². The van der Waals surface area contributed by atoms with E-state index in [-0.39, 0.29) is 0 Å². The first kappa shape index (κ1) is 41.2. The van der Waals surface area contributed by atoms with Crippen LogP contribution in [0, 0.1) is 48.5 Å². The summed E-state index contributed by atoms with van der Waals surface area (Å²) in [5, 5.41) is 6.42. The minimum Gasteiger partial charge on any atom is -0.456 e. The van der Waals surface area contributed by atoms with Crippen molar-refractivity contribution in [2.24, 2.45) is 0 Å². The molecule has 0 atom stereocenters. The molecule has 0 spiro atoms. The Morgan fingerprint density at radius 3 is 0.882 bits per heavy atom. The van der Waals surface area contributed by atoms with Gasteiger partial charge in [-0.25, -0.2) is 0 Å². The van der Waals surface area contributed by atoms with Crippen LogP contribution in [0.2, 0.25) is 0 Å². The van der Waals surface area contributed by atoms with E-state index in [0.29, 0.717) is 0 Å². The monoisotopic (exact) mass is 885 g/mol. The van der Waals surface area contributed by atoms with Crippen molar-refractivity contribution in [2.45, 2.75) is 48.5 Å². The molecular formula is C62H51N3O3. The normalized spacial score (nSPS) is 11.8. The van der Waals surface area contributed by atoms with Crippen molar-refractivity contribution in [3.63, 3.8) is 0 Å². The molecule has 12 rings (SSSR count). The first-order chi connectivity index (χ1) is 32.9. The lowest BCUT2D eigenvalue weighted by Crippen LogP contribution is -2.11. The molecule has 3 heterocycles. The Morgan fingerprint density at radius 2 is 0.529 bits per heavy atom. The van der Waals surface area contributed by atoms with Crippen LogP contribution in [0.5, 0.6) is 0 Å². The van der Waals surface area contributed by atoms with Crippen LogP contribution in [-0.2, 0) is 0 Å². The van der Waals surface area contributed by atoms with Gasteiger partial charge >= 0.3 is 0 Å². The zero-order valence-electron chi connectivity index (χ0n) is 39.7. The van der Waals surface area contributed by atoms with Gasteiger partial charge in [-0.15, -0.1) is 0 Å². The zero-order chi connectivity index (χ0) is 46.5. The summed E-state index contributed by atoms with van der Waals surface area (Å²) in [6.07, 6.45) is 0. The summed E-state index contributed by atoms with van der Waals surface area (Å²) in [6, 6.07) is 59.1. The Kier molecular flexibility index (Phi) is 9.52. The van der Waals surface area contributed by atoms with E-state index < -0.39 is 0 Å². The molecule has 6 nitrogen and oxygen atoms in total. The van der Waals surface area contributed by atoms with Crippen molar-refractivity contribution in [3.05, 3.63) is 203 Å². The van der Waals surface area contributed by atoms with Crippen molar-refractivity contribution in [1.29, 1.82) is 0 Å². The van der Waals surface area contributed by atoms with Crippen molar-refractivity contribution in [1.82, 2.24) is 0 Å². The topological polar surface area (TPSA) is 49.1 Å². The fourth-order valence-corrected chi connectivity index (χ4v) is 10.4. The molecule has 0 aliphatic rings. The average Bonchev–Trinajstić information content (AvgIpc) is 4.00. The zero-order valence-corrected chi connectivity index (χ0v) is 39.7. The first-order valence-electron chi connectivity index (χ1n) is 23.4. The molecule has 0 radical (unpaired) electrons. The standard InChI is InChI=1S/C62H51N3O3/c1-36-9-18-54(40(5)27-36)63(8)43-13-22-58-49(31-43)51-33-45(15-24-60(51)67-58)65(56-20-11-38(3)29-42(56)7)47-17-26-62-53(35-47)52-34-46(16-25-61(52)68-62)64(55-19-10-37(2)28-41(55)6)44-14-23-59-50(32-44)48-30-39(4)12-21-57(48)66-59/h9-35H,1-8H3. The minimum atomic E-state index is 0.831. The lowest BCUT2D eigenvalue weighted by atomic mass is 10.0. The molecule has 0 amide bonds. The van der Waals surface area contributed by atoms with Gasteiger partial charge in [0.1, 0.15) is 33.5 Å². The highest BCUT2D eigenvalue weighted by molar-refractivity contribution is 6.11. The van der Waals surface area contributed by atoms with Gasteiger partial charge in [0.15, 0.2) is 0 Å². The van der Waals surface area contributed by atoms with Gasteiger partial charge < -0.3 is 28.0 Å². The SMILES string of the molecule is Cc1ccc(N(C)c2ccc3oc4ccc(N(c5ccc6oc7ccc(N(c8ccc9oc%10ccc(C)cc%10c9c8)c8ccc(C)cc8C)cc7c6c5)c5ccc(C)cc5C)cc4c3c2)c(C)c1. The van der Waals surface area contributed by atoms with Gasteiger partial charge in [-0.1, -0.05) is 64.7 Å². The molecule has 0 aliphatic carbocycles. The van der Waals surface area contributed by atoms with Crippen LogP contribution in [0.3, 0.4) is 0 Å². The molecule has 12 aromatic rings. The fraction of sp³-hybridized carbons (Fsp3) is 0.129. The van der Waals surface area contributed by atoms with Crippen LogP contribution in [0.4, 0.5) is 45.5 Å². The Balaban J connectivity index is 1.01. The third-order valence-electron chi connectivity index (χ3n) is 13.8. The van der Waals surface area contributed by atoms with E-state index in [0.717, 1.165) is 106 Å². The predicted molar refractivity (Wildman–Crippen MR) is 285 cm³/mol. The molecule has 6 heteroatoms. The third kappa shape index (κ3) is 6.86. The Hall–Kier alpha value is -8.22. The maximum absolute atomic E-state index is 6.64. The molecule has 0 saturated carbocycles. The van der Waals surface area contributed by atoms with Crippen LogP contribution in [0.1, 0.15) is 38.9 Å². The molecule has 9 aromatic carbocycles. The lowest BCUT2D eigenvalue weighted by molar-refractivity contribution is 0.668. The van der Waals surface area contributed by atoms with Crippen LogP contribution < -0.4 is 14.7 Å². The maximum atomic E-state index is 6.64. The smallest absolute Gasteiger partial charge is 0.135 e. The molecule has 0 saturated heterocycles. The van der Waals surface area contributed by atoms with Crippen molar-refractivity contribution in [2.75, 3.05) is 21.7 Å². The molecule has 332 valence electrons. The van der Waals surface area contributed by atoms with E-state index in [1.807, 2.05) is 0 Å². The predicted octanol–water partition coefficient (Wildman–Crippen LogP) is 18.3. The average molecular weight is 886 g/mol. The van der Waals surface area contributed by atoms with Crippen LogP contribution in [0.25, 0.3) is 65.8 Å². The van der Waals surface area contributed by atoms with E-state index >= 15 is 0 Å². The summed E-state index contributed by atoms with van der Waals surface area (Å²) in [5.41, 5.74) is 22.3. The second-order valence-corrected chi connectivity index (χ2v) is 18.8. The van der Waals surface area contributed by atoms with E-state index in [1.165, 1.54) is 44.6 Å². The van der Waals surface area contributed by atoms with Gasteiger partial charge in [0.05, 0.1) is 0 Å². The number of hydrogen-bond donors (Lipinski definition) is 0. The molecule has 68 heavy (non-hydrogen) atoms. The Bertz CT molecular complexity index is 4000. The molecule has 0 N–H and O–H groups in total. The van der Waals surface area contributed by atoms with E-state index in [9.17, 15) is 0 Å². The maximum Gasteiger partial charge on any atom is 0.135 e. The fourth-order valence-electron chi connectivity index (χ4n) is 10.4. The number of hydrogen-bond acceptors (Lipinski definition) is 6. The van der Waals surface area contributed by atoms with E-state index in [1.54, 1.807) is 0 Å². The minimum absolute atomic E-state index is 0.831. The second kappa shape index (κ2) is 15.7. The van der Waals surface area contributed by atoms with Crippen molar-refractivity contribution < 1.29 is 13.3 Å². The van der Waals surface area contributed by atoms with Gasteiger partial charge in [0, 0.05) is 84.9 Å². The molecule has 0 unspecified atom stereocenters. The summed E-state index contributed by atoms with van der Waals surface area (Å²) in [4.78, 5) is 6.99. The summed E-state index contributed by atoms with van der Waals surface area (Å²) in [6.45, 7) is 15.1. The number of benzene rings is 9. The molecule has 0 bridgehead atoms. The second-order valence-electron chi connectivity index (χ2n) is 18.8. The molecular weight excluding hydrogens is 835 g/mol. The number of anilines is 8. The first-order valence-corrected chi connectivity index (χ1v) is 23.4. The van der Waals surface area contributed by atoms with E-state index in [2.05, 4.69) is 234 Å². The van der Waals surface area contributed by atoms with Gasteiger partial charge in [-0.05, 0) is 186 Å². The quantitative estimate of drug-likeness (QED) is 0.152. The lowest BCUT2D eigenvalue weighted by Gasteiger charge is -2.28. The highest BCUT2D eigenvalue weighted by Gasteiger charge is 2.22. The van der Waals surface area contributed by atoms with Gasteiger partial charge in [0.2, 0.25) is 0 Å². The van der Waals surface area contributed by atoms with Gasteiger partial charge in [0.25, 0.3) is 0 Å². The Labute approximate surface area is 395 Å². The number of fused-ring (bicyclic) bond motifs is 9. The number of furan rings is 3. The van der Waals surface area contributed by atoms with Crippen molar-refractivity contribution in [3.8, 4) is 0 Å². The molecule has 3 aromatic heterocycles. The number of nitrogens with zero attached hydrogens (tertiary/aromatic N) is 3. The van der Waals surface area contributed by atoms with Crippen LogP contribution in [-0.4, -0.2) is 7.05 Å². The summed E-state index contributed by atoms with van der Waals surface area (Å²) < 4.78 is 19.5. The van der Waals surface area contributed by atoms with Crippen molar-refractivity contribution >= 4 is 111 Å². The van der Waals surface area contributed by atoms with Gasteiger partial charge in [-0.3, -0.25) is 0 Å². The number of aryl methyl sites for hydroxylation is 7. The highest BCUT2D eigenvalue weighted by Crippen LogP contribution is 2.46. The molecule has 0 aliphatic heterocycles. The Morgan fingerprint density at radius 1 is 0.265 bits per heavy atom. The van der Waals surface area contributed by atoms with E-state index in [4.69, 9.17) is 13.3 Å². The number of rotatable bonds is 8. The van der Waals surface area contributed by atoms with Gasteiger partial charge in [-0.2, -0.15) is 0 Å². The summed E-state index contributed by atoms with van der Waals surface area (Å²) in [7, 11) is 2.14. The van der Waals surface area contributed by atoms with Crippen LogP contribution >= 0.6 is 0 Å².